The van der Waals surface area contributed by atoms with Gasteiger partial charge < -0.3 is 23.8 Å². The maximum absolute atomic E-state index is 13.2. The van der Waals surface area contributed by atoms with Crippen molar-refractivity contribution in [2.45, 2.75) is 133 Å². The topological polar surface area (TPSA) is 57.2 Å². The van der Waals surface area contributed by atoms with Crippen molar-refractivity contribution in [2.24, 2.45) is 23.2 Å². The summed E-state index contributed by atoms with van der Waals surface area (Å²) in [6.07, 6.45) is -6.54. The molecule has 17 heteroatoms. The van der Waals surface area contributed by atoms with Gasteiger partial charge in [0.2, 0.25) is 0 Å². The van der Waals surface area contributed by atoms with Gasteiger partial charge in [0.1, 0.15) is 5.75 Å². The average Bonchev–Trinajstić information content (AvgIpc) is 3.49. The number of nitrogens with zero attached hydrogens (tertiary/aromatic N) is 1. The largest absolute Gasteiger partial charge is 0.494 e. The fourth-order valence-electron chi connectivity index (χ4n) is 9.37. The number of carbonyl (C=O) groups excluding carboxylic acids is 1. The third kappa shape index (κ3) is 12.3. The summed E-state index contributed by atoms with van der Waals surface area (Å²) in [5.74, 6) is 4.94. The lowest BCUT2D eigenvalue weighted by Gasteiger charge is -2.50. The first-order chi connectivity index (χ1) is 27.4. The standard InChI is InChI=1S/C41H60F9NO5S2/c1-4-29(27-53-28-52)10-7-5-6-8-24-57-58-25-9-21-54-31-12-14-32-30(26-31)11-13-34-33(32)17-18-37(2)35(34)15-16-36(37)55-22-19-51(3)20-23-56-38(39(42,43)44,40(45,46)47)41(48,49)50/h12,14,26,28-29,33-36H,4-11,13,15-25,27H2,1-3H3. The van der Waals surface area contributed by atoms with Crippen LogP contribution in [0.5, 0.6) is 5.75 Å². The van der Waals surface area contributed by atoms with Crippen LogP contribution in [-0.2, 0) is 25.4 Å². The third-order valence-corrected chi connectivity index (χ3v) is 15.3. The number of aryl methyl sites for hydroxylation is 1. The van der Waals surface area contributed by atoms with Crippen molar-refractivity contribution in [2.75, 3.05) is 58.1 Å². The Morgan fingerprint density at radius 3 is 2.21 bits per heavy atom. The SMILES string of the molecule is CCC(CCCCCCSSCCCOc1ccc2c(c1)CCC1C2CCC2(C)C(OCCN(C)CCOC(C(F)(F)F)(C(F)(F)F)C(F)(F)F)CCC12)COC=O. The molecule has 0 spiro atoms. The Morgan fingerprint density at radius 2 is 1.53 bits per heavy atom. The summed E-state index contributed by atoms with van der Waals surface area (Å²) < 4.78 is 140. The molecule has 1 aromatic carbocycles. The van der Waals surface area contributed by atoms with Gasteiger partial charge in [-0.1, -0.05) is 67.2 Å². The molecule has 1 aromatic rings. The number of rotatable bonds is 25. The van der Waals surface area contributed by atoms with Crippen molar-refractivity contribution in [1.82, 2.24) is 4.90 Å². The zero-order chi connectivity index (χ0) is 42.6. The van der Waals surface area contributed by atoms with Crippen LogP contribution in [0.25, 0.3) is 0 Å². The first-order valence-corrected chi connectivity index (χ1v) is 23.1. The van der Waals surface area contributed by atoms with Gasteiger partial charge in [0.05, 0.1) is 32.5 Å². The minimum atomic E-state index is -6.74. The molecule has 0 amide bonds. The number of ether oxygens (including phenoxy) is 4. The van der Waals surface area contributed by atoms with E-state index >= 15 is 0 Å². The number of unbranched alkanes of at least 4 members (excludes halogenated alkanes) is 3. The lowest BCUT2D eigenvalue weighted by molar-refractivity contribution is -0.457. The molecule has 6 unspecified atom stereocenters. The molecule has 3 aliphatic rings. The molecular weight excluding hydrogens is 822 g/mol. The van der Waals surface area contributed by atoms with Gasteiger partial charge in [0.25, 0.3) is 6.47 Å². The van der Waals surface area contributed by atoms with Crippen LogP contribution in [-0.4, -0.2) is 99.7 Å². The molecule has 0 saturated heterocycles. The Bertz CT molecular complexity index is 1360. The van der Waals surface area contributed by atoms with Crippen molar-refractivity contribution in [3.8, 4) is 5.75 Å². The lowest BCUT2D eigenvalue weighted by atomic mass is 9.55. The quantitative estimate of drug-likeness (QED) is 0.0417. The number of hydrogen-bond acceptors (Lipinski definition) is 8. The molecule has 4 rings (SSSR count). The van der Waals surface area contributed by atoms with Gasteiger partial charge in [-0.15, -0.1) is 0 Å². The summed E-state index contributed by atoms with van der Waals surface area (Å²) in [5.41, 5.74) is -3.60. The summed E-state index contributed by atoms with van der Waals surface area (Å²) in [6, 6.07) is 6.53. The van der Waals surface area contributed by atoms with Crippen LogP contribution in [0, 0.1) is 23.2 Å². The zero-order valence-electron chi connectivity index (χ0n) is 33.8. The Labute approximate surface area is 345 Å². The fraction of sp³-hybridized carbons (Fsp3) is 0.829. The van der Waals surface area contributed by atoms with Gasteiger partial charge >= 0.3 is 24.1 Å². The Hall–Kier alpha value is -1.56. The van der Waals surface area contributed by atoms with E-state index in [9.17, 15) is 44.3 Å². The average molecular weight is 882 g/mol. The summed E-state index contributed by atoms with van der Waals surface area (Å²) in [7, 11) is 5.21. The predicted molar refractivity (Wildman–Crippen MR) is 209 cm³/mol. The maximum atomic E-state index is 13.2. The molecule has 6 nitrogen and oxygen atoms in total. The van der Waals surface area contributed by atoms with Gasteiger partial charge in [-0.25, -0.2) is 0 Å². The van der Waals surface area contributed by atoms with Crippen molar-refractivity contribution in [3.05, 3.63) is 29.3 Å². The Morgan fingerprint density at radius 1 is 0.862 bits per heavy atom. The highest BCUT2D eigenvalue weighted by molar-refractivity contribution is 8.76. The van der Waals surface area contributed by atoms with E-state index in [-0.39, 0.29) is 24.7 Å². The van der Waals surface area contributed by atoms with Crippen LogP contribution >= 0.6 is 21.6 Å². The number of fused-ring (bicyclic) bond motifs is 5. The van der Waals surface area contributed by atoms with Crippen molar-refractivity contribution >= 4 is 28.1 Å². The molecule has 0 bridgehead atoms. The van der Waals surface area contributed by atoms with E-state index in [4.69, 9.17) is 14.2 Å². The van der Waals surface area contributed by atoms with Crippen LogP contribution in [0.2, 0.25) is 0 Å². The molecule has 334 valence electrons. The first kappa shape index (κ1) is 49.1. The predicted octanol–water partition coefficient (Wildman–Crippen LogP) is 11.6. The van der Waals surface area contributed by atoms with Gasteiger partial charge in [-0.3, -0.25) is 4.79 Å². The number of benzene rings is 1. The molecule has 0 N–H and O–H groups in total. The molecule has 3 aliphatic carbocycles. The molecule has 58 heavy (non-hydrogen) atoms. The molecule has 0 heterocycles. The summed E-state index contributed by atoms with van der Waals surface area (Å²) in [4.78, 5) is 11.7. The lowest BCUT2D eigenvalue weighted by Crippen LogP contribution is -2.68. The van der Waals surface area contributed by atoms with E-state index in [0.717, 1.165) is 75.0 Å². The van der Waals surface area contributed by atoms with Gasteiger partial charge in [-0.2, -0.15) is 39.5 Å². The second-order valence-corrected chi connectivity index (χ2v) is 19.0. The zero-order valence-corrected chi connectivity index (χ0v) is 35.4. The molecule has 0 aliphatic heterocycles. The normalized spacial score (nSPS) is 24.3. The van der Waals surface area contributed by atoms with Gasteiger partial charge in [0, 0.05) is 24.6 Å². The van der Waals surface area contributed by atoms with Crippen LogP contribution in [0.1, 0.15) is 108 Å². The molecule has 0 radical (unpaired) electrons. The van der Waals surface area contributed by atoms with E-state index in [1.165, 1.54) is 48.8 Å². The highest BCUT2D eigenvalue weighted by Gasteiger charge is 2.85. The van der Waals surface area contributed by atoms with E-state index < -0.39 is 37.3 Å². The number of hydrogen-bond donors (Lipinski definition) is 0. The number of likely N-dealkylation sites (N-methyl/N-ethyl adjacent to an activating group) is 1. The van der Waals surface area contributed by atoms with Crippen molar-refractivity contribution in [3.63, 3.8) is 0 Å². The number of halogens is 9. The fourth-order valence-corrected chi connectivity index (χ4v) is 11.6. The maximum Gasteiger partial charge on any atom is 0.435 e. The second-order valence-electron chi connectivity index (χ2n) is 16.3. The first-order valence-electron chi connectivity index (χ1n) is 20.6. The molecule has 0 aromatic heterocycles. The number of alkyl halides is 9. The molecule has 6 atom stereocenters. The van der Waals surface area contributed by atoms with Crippen molar-refractivity contribution < 1.29 is 63.3 Å². The van der Waals surface area contributed by atoms with Gasteiger partial charge in [-0.05, 0) is 117 Å². The smallest absolute Gasteiger partial charge is 0.435 e. The highest BCUT2D eigenvalue weighted by Crippen LogP contribution is 2.62. The Kier molecular flexibility index (Phi) is 18.6. The van der Waals surface area contributed by atoms with Crippen LogP contribution < -0.4 is 4.74 Å². The summed E-state index contributed by atoms with van der Waals surface area (Å²) in [6.45, 7) is 4.33. The van der Waals surface area contributed by atoms with Crippen LogP contribution in [0.15, 0.2) is 18.2 Å². The van der Waals surface area contributed by atoms with Crippen LogP contribution in [0.4, 0.5) is 39.5 Å². The second kappa shape index (κ2) is 22.0. The van der Waals surface area contributed by atoms with Crippen molar-refractivity contribution in [1.29, 1.82) is 0 Å². The monoisotopic (exact) mass is 881 g/mol. The number of carbonyl (C=O) groups is 1. The van der Waals surface area contributed by atoms with E-state index in [0.29, 0.717) is 43.4 Å². The Balaban J connectivity index is 1.13. The summed E-state index contributed by atoms with van der Waals surface area (Å²) in [5, 5.41) is 0. The minimum Gasteiger partial charge on any atom is -0.494 e. The highest BCUT2D eigenvalue weighted by atomic mass is 33.1. The van der Waals surface area contributed by atoms with Gasteiger partial charge in [0.15, 0.2) is 0 Å². The van der Waals surface area contributed by atoms with E-state index in [1.807, 2.05) is 21.6 Å². The minimum absolute atomic E-state index is 0.0729. The molecule has 2 saturated carbocycles. The third-order valence-electron chi connectivity index (χ3n) is 12.7. The molecular formula is C41H60F9NO5S2. The summed E-state index contributed by atoms with van der Waals surface area (Å²) >= 11 is 0. The van der Waals surface area contributed by atoms with E-state index in [2.05, 4.69) is 36.8 Å². The molecule has 2 fully saturated rings. The van der Waals surface area contributed by atoms with E-state index in [1.54, 1.807) is 0 Å². The van der Waals surface area contributed by atoms with Crippen LogP contribution in [0.3, 0.4) is 0 Å².